The van der Waals surface area contributed by atoms with Crippen LogP contribution in [0.1, 0.15) is 11.1 Å². The molecule has 1 aliphatic rings. The van der Waals surface area contributed by atoms with E-state index >= 15 is 8.78 Å². The van der Waals surface area contributed by atoms with Gasteiger partial charge in [-0.25, -0.2) is 9.19 Å². The van der Waals surface area contributed by atoms with Crippen LogP contribution >= 0.6 is 0 Å². The van der Waals surface area contributed by atoms with E-state index in [1.807, 2.05) is 7.05 Å². The molecule has 15 heteroatoms. The molecule has 9 nitrogen and oxygen atoms in total. The lowest BCUT2D eigenvalue weighted by atomic mass is 9.98. The van der Waals surface area contributed by atoms with Crippen molar-refractivity contribution in [1.29, 1.82) is 0 Å². The first kappa shape index (κ1) is 30.4. The number of halogens is 5. The van der Waals surface area contributed by atoms with Crippen LogP contribution in [0.2, 0.25) is 0 Å². The van der Waals surface area contributed by atoms with Crippen molar-refractivity contribution >= 4 is 22.6 Å². The van der Waals surface area contributed by atoms with Gasteiger partial charge in [-0.15, -0.1) is 0 Å². The number of ether oxygens (including phenoxy) is 1. The van der Waals surface area contributed by atoms with Crippen LogP contribution in [-0.2, 0) is 24.0 Å². The summed E-state index contributed by atoms with van der Waals surface area (Å²) in [5.41, 5.74) is -1.19. The average Bonchev–Trinajstić information content (AvgIpc) is 3.39. The second-order valence-corrected chi connectivity index (χ2v) is 11.3. The standard InChI is InChI=1S/C28H28F5N7O2S/c1-18-7-4-5-10-22(18)24-23(27(29,30)28(31,32)33)25(36-26(35-24)37-43(41)21-16-34-39(3)17-21)42-20-9-6-8-19(15-20)40-13-11-38(2)12-14-40/h4-10,15-17H,11-14H2,1-3H3,(H,35,36,37). The number of nitrogens with one attached hydrogen (secondary N) is 1. The van der Waals surface area contributed by atoms with E-state index < -0.39 is 46.2 Å². The van der Waals surface area contributed by atoms with Crippen LogP contribution in [-0.4, -0.2) is 68.3 Å². The molecule has 43 heavy (non-hydrogen) atoms. The maximum absolute atomic E-state index is 15.4. The number of aryl methyl sites for hydroxylation is 2. The van der Waals surface area contributed by atoms with Crippen LogP contribution in [0.5, 0.6) is 11.6 Å². The summed E-state index contributed by atoms with van der Waals surface area (Å²) in [7, 11) is 1.57. The molecular formula is C28H28F5N7O2S. The third kappa shape index (κ3) is 6.46. The molecule has 1 fully saturated rings. The number of likely N-dealkylation sites (N-methyl/N-ethyl adjacent to an activating group) is 1. The first-order chi connectivity index (χ1) is 20.3. The molecule has 4 aromatic rings. The smallest absolute Gasteiger partial charge is 0.438 e. The molecule has 1 aliphatic heterocycles. The van der Waals surface area contributed by atoms with E-state index in [1.165, 1.54) is 35.3 Å². The zero-order valence-corrected chi connectivity index (χ0v) is 24.2. The molecule has 0 amide bonds. The summed E-state index contributed by atoms with van der Waals surface area (Å²) in [6.07, 6.45) is -3.25. The van der Waals surface area contributed by atoms with Crippen molar-refractivity contribution in [1.82, 2.24) is 24.6 Å². The lowest BCUT2D eigenvalue weighted by Crippen LogP contribution is -2.44. The Hall–Kier alpha value is -4.11. The Labute approximate surface area is 246 Å². The van der Waals surface area contributed by atoms with Gasteiger partial charge in [-0.05, 0) is 31.7 Å². The van der Waals surface area contributed by atoms with Gasteiger partial charge < -0.3 is 14.5 Å². The van der Waals surface area contributed by atoms with Gasteiger partial charge in [0.25, 0.3) is 0 Å². The fourth-order valence-corrected chi connectivity index (χ4v) is 5.34. The first-order valence-electron chi connectivity index (χ1n) is 13.1. The molecule has 1 N–H and O–H groups in total. The number of anilines is 2. The number of nitrogens with zero attached hydrogens (tertiary/aromatic N) is 6. The van der Waals surface area contributed by atoms with E-state index in [1.54, 1.807) is 44.3 Å². The fraction of sp³-hybridized carbons (Fsp3) is 0.321. The number of benzene rings is 2. The monoisotopic (exact) mass is 621 g/mol. The summed E-state index contributed by atoms with van der Waals surface area (Å²) in [4.78, 5) is 12.4. The van der Waals surface area contributed by atoms with Gasteiger partial charge in [-0.2, -0.15) is 32.0 Å². The molecule has 0 saturated carbocycles. The van der Waals surface area contributed by atoms with Gasteiger partial charge in [0.2, 0.25) is 11.8 Å². The fourth-order valence-electron chi connectivity index (χ4n) is 4.57. The highest BCUT2D eigenvalue weighted by Crippen LogP contribution is 2.51. The van der Waals surface area contributed by atoms with Crippen LogP contribution in [0, 0.1) is 6.92 Å². The normalized spacial score (nSPS) is 15.4. The zero-order valence-electron chi connectivity index (χ0n) is 23.4. The lowest BCUT2D eigenvalue weighted by molar-refractivity contribution is -0.289. The molecule has 0 bridgehead atoms. The van der Waals surface area contributed by atoms with Crippen molar-refractivity contribution in [2.75, 3.05) is 42.8 Å². The minimum Gasteiger partial charge on any atom is -0.438 e. The molecule has 1 atom stereocenters. The number of alkyl halides is 5. The Balaban J connectivity index is 1.66. The summed E-state index contributed by atoms with van der Waals surface area (Å²) < 4.78 is 95.3. The Bertz CT molecular complexity index is 1640. The number of aromatic nitrogens is 4. The Kier molecular flexibility index (Phi) is 8.38. The van der Waals surface area contributed by atoms with Crippen LogP contribution < -0.4 is 14.4 Å². The predicted molar refractivity (Wildman–Crippen MR) is 152 cm³/mol. The summed E-state index contributed by atoms with van der Waals surface area (Å²) >= 11 is 0. The largest absolute Gasteiger partial charge is 0.458 e. The van der Waals surface area contributed by atoms with Crippen LogP contribution in [0.3, 0.4) is 0 Å². The highest BCUT2D eigenvalue weighted by Gasteiger charge is 2.62. The quantitative estimate of drug-likeness (QED) is 0.260. The summed E-state index contributed by atoms with van der Waals surface area (Å²) in [5.74, 6) is -6.93. The molecule has 0 aliphatic carbocycles. The number of hydrogen-bond donors (Lipinski definition) is 1. The van der Waals surface area contributed by atoms with Gasteiger partial charge >= 0.3 is 12.1 Å². The van der Waals surface area contributed by atoms with E-state index in [4.69, 9.17) is 4.74 Å². The van der Waals surface area contributed by atoms with Crippen molar-refractivity contribution in [3.8, 4) is 22.9 Å². The maximum atomic E-state index is 15.4. The van der Waals surface area contributed by atoms with Gasteiger partial charge in [0.1, 0.15) is 11.3 Å². The first-order valence-corrected chi connectivity index (χ1v) is 14.3. The summed E-state index contributed by atoms with van der Waals surface area (Å²) in [6, 6.07) is 12.4. The SMILES string of the molecule is Cc1ccccc1-c1nc(NS(=O)c2cnn(C)c2)nc(Oc2cccc(N3CCN(C)CC3)c2)c1C(F)(F)C(F)(F)F. The predicted octanol–water partition coefficient (Wildman–Crippen LogP) is 5.52. The van der Waals surface area contributed by atoms with E-state index in [0.29, 0.717) is 24.3 Å². The summed E-state index contributed by atoms with van der Waals surface area (Å²) in [5, 5.41) is 3.94. The van der Waals surface area contributed by atoms with Gasteiger partial charge in [0.05, 0.1) is 16.8 Å². The summed E-state index contributed by atoms with van der Waals surface area (Å²) in [6.45, 7) is 4.52. The number of hydrogen-bond acceptors (Lipinski definition) is 7. The average molecular weight is 622 g/mol. The third-order valence-corrected chi connectivity index (χ3v) is 7.93. The second kappa shape index (κ2) is 11.9. The second-order valence-electron chi connectivity index (χ2n) is 10.1. The van der Waals surface area contributed by atoms with Crippen molar-refractivity contribution in [2.24, 2.45) is 7.05 Å². The van der Waals surface area contributed by atoms with Gasteiger partial charge in [0, 0.05) is 56.7 Å². The number of rotatable bonds is 8. The molecule has 228 valence electrons. The van der Waals surface area contributed by atoms with E-state index in [-0.39, 0.29) is 16.2 Å². The van der Waals surface area contributed by atoms with Gasteiger partial charge in [-0.1, -0.05) is 30.3 Å². The van der Waals surface area contributed by atoms with Crippen LogP contribution in [0.4, 0.5) is 33.6 Å². The van der Waals surface area contributed by atoms with E-state index in [9.17, 15) is 17.4 Å². The molecular weight excluding hydrogens is 593 g/mol. The lowest BCUT2D eigenvalue weighted by Gasteiger charge is -2.34. The highest BCUT2D eigenvalue weighted by atomic mass is 32.2. The third-order valence-electron chi connectivity index (χ3n) is 6.93. The van der Waals surface area contributed by atoms with E-state index in [0.717, 1.165) is 13.1 Å². The molecule has 1 saturated heterocycles. The molecule has 2 aromatic heterocycles. The van der Waals surface area contributed by atoms with Gasteiger partial charge in [-0.3, -0.25) is 9.40 Å². The highest BCUT2D eigenvalue weighted by molar-refractivity contribution is 7.86. The topological polar surface area (TPSA) is 88.4 Å². The van der Waals surface area contributed by atoms with Crippen molar-refractivity contribution in [3.63, 3.8) is 0 Å². The van der Waals surface area contributed by atoms with E-state index in [2.05, 4.69) is 29.6 Å². The number of piperazine rings is 1. The molecule has 3 heterocycles. The van der Waals surface area contributed by atoms with Crippen molar-refractivity contribution in [3.05, 3.63) is 72.1 Å². The van der Waals surface area contributed by atoms with Crippen molar-refractivity contribution < 1.29 is 30.9 Å². The maximum Gasteiger partial charge on any atom is 0.458 e. The minimum absolute atomic E-state index is 0.00456. The van der Waals surface area contributed by atoms with Gasteiger partial charge in [0.15, 0.2) is 11.0 Å². The molecule has 0 radical (unpaired) electrons. The Morgan fingerprint density at radius 2 is 1.67 bits per heavy atom. The van der Waals surface area contributed by atoms with Crippen LogP contribution in [0.15, 0.2) is 65.8 Å². The van der Waals surface area contributed by atoms with Crippen LogP contribution in [0.25, 0.3) is 11.3 Å². The molecule has 5 rings (SSSR count). The van der Waals surface area contributed by atoms with Crippen molar-refractivity contribution in [2.45, 2.75) is 23.9 Å². The Morgan fingerprint density at radius 3 is 2.33 bits per heavy atom. The molecule has 2 aromatic carbocycles. The Morgan fingerprint density at radius 1 is 0.953 bits per heavy atom. The molecule has 1 unspecified atom stereocenters. The minimum atomic E-state index is -6.00. The molecule has 0 spiro atoms. The zero-order chi connectivity index (χ0) is 30.9.